The van der Waals surface area contributed by atoms with Gasteiger partial charge in [-0.05, 0) is 32.1 Å². The molecule has 0 spiro atoms. The first-order valence-corrected chi connectivity index (χ1v) is 28.0. The lowest BCUT2D eigenvalue weighted by atomic mass is 9.85. The molecule has 6 N–H and O–H groups in total. The van der Waals surface area contributed by atoms with Gasteiger partial charge in [-0.15, -0.1) is 0 Å². The number of allylic oxidation sites excluding steroid dienone is 2. The molecule has 384 valence electrons. The Hall–Kier alpha value is -1.41. The van der Waals surface area contributed by atoms with Crippen LogP contribution in [0.2, 0.25) is 0 Å². The first-order valence-electron chi connectivity index (χ1n) is 26.5. The number of phosphoric acid groups is 1. The fraction of sp³-hybridized carbons (Fsp3) is 0.922. The van der Waals surface area contributed by atoms with Gasteiger partial charge in [-0.2, -0.15) is 0 Å². The maximum atomic E-state index is 12.9. The van der Waals surface area contributed by atoms with Crippen molar-refractivity contribution in [3.63, 3.8) is 0 Å². The maximum absolute atomic E-state index is 12.9. The van der Waals surface area contributed by atoms with E-state index in [9.17, 15) is 44.6 Å². The zero-order valence-corrected chi connectivity index (χ0v) is 41.9. The molecule has 0 bridgehead atoms. The SMILES string of the molecule is CCCC/C=C/CCCCCCCCCCCC(=O)OC[C@H](COP(=O)(O)OC1C(O)C(O)C(O)[C@@H](O)C1O)OC(=O)CCCCCCCCCCCCCCCCCCCCCCC. The normalized spacial score (nSPS) is 21.4. The van der Waals surface area contributed by atoms with E-state index in [1.165, 1.54) is 161 Å². The van der Waals surface area contributed by atoms with Crippen molar-refractivity contribution >= 4 is 19.8 Å². The Morgan fingerprint density at radius 2 is 0.800 bits per heavy atom. The van der Waals surface area contributed by atoms with E-state index in [-0.39, 0.29) is 12.8 Å². The van der Waals surface area contributed by atoms with Crippen molar-refractivity contribution in [3.8, 4) is 0 Å². The largest absolute Gasteiger partial charge is 0.472 e. The summed E-state index contributed by atoms with van der Waals surface area (Å²) in [6.45, 7) is 3.31. The van der Waals surface area contributed by atoms with E-state index in [1.54, 1.807) is 0 Å². The van der Waals surface area contributed by atoms with E-state index in [1.807, 2.05) is 0 Å². The van der Waals surface area contributed by atoms with E-state index in [4.69, 9.17) is 18.5 Å². The van der Waals surface area contributed by atoms with Crippen LogP contribution >= 0.6 is 7.82 Å². The number of unbranched alkanes of at least 4 members (excludes halogenated alkanes) is 31. The van der Waals surface area contributed by atoms with E-state index < -0.39 is 75.7 Å². The van der Waals surface area contributed by atoms with Gasteiger partial charge in [0.1, 0.15) is 43.2 Å². The number of hydrogen-bond acceptors (Lipinski definition) is 12. The van der Waals surface area contributed by atoms with Crippen molar-refractivity contribution in [2.24, 2.45) is 0 Å². The minimum absolute atomic E-state index is 0.103. The molecule has 0 aliphatic heterocycles. The number of hydrogen-bond donors (Lipinski definition) is 6. The topological polar surface area (TPSA) is 210 Å². The molecule has 0 radical (unpaired) electrons. The number of ether oxygens (including phenoxy) is 2. The molecule has 0 heterocycles. The van der Waals surface area contributed by atoms with Crippen molar-refractivity contribution in [1.29, 1.82) is 0 Å². The molecular weight excluding hydrogens is 852 g/mol. The number of carbonyl (C=O) groups excluding carboxylic acids is 2. The molecule has 0 aromatic rings. The van der Waals surface area contributed by atoms with Crippen LogP contribution in [0.5, 0.6) is 0 Å². The highest BCUT2D eigenvalue weighted by molar-refractivity contribution is 7.47. The van der Waals surface area contributed by atoms with Gasteiger partial charge in [0.05, 0.1) is 6.61 Å². The van der Waals surface area contributed by atoms with Crippen LogP contribution < -0.4 is 0 Å². The van der Waals surface area contributed by atoms with Gasteiger partial charge >= 0.3 is 19.8 Å². The molecule has 0 aromatic carbocycles. The molecule has 14 heteroatoms. The minimum Gasteiger partial charge on any atom is -0.462 e. The lowest BCUT2D eigenvalue weighted by Crippen LogP contribution is -2.64. The summed E-state index contributed by atoms with van der Waals surface area (Å²) in [5.41, 5.74) is 0. The second-order valence-corrected chi connectivity index (χ2v) is 20.1. The molecule has 0 amide bonds. The molecular formula is C51H97O13P. The molecule has 1 fully saturated rings. The fourth-order valence-electron chi connectivity index (χ4n) is 8.33. The summed E-state index contributed by atoms with van der Waals surface area (Å²) in [7, 11) is -5.12. The lowest BCUT2D eigenvalue weighted by Gasteiger charge is -2.41. The summed E-state index contributed by atoms with van der Waals surface area (Å²) in [4.78, 5) is 35.8. The Morgan fingerprint density at radius 3 is 1.22 bits per heavy atom. The van der Waals surface area contributed by atoms with E-state index in [0.29, 0.717) is 12.8 Å². The average molecular weight is 949 g/mol. The number of aliphatic hydroxyl groups is 5. The Morgan fingerprint density at radius 1 is 0.462 bits per heavy atom. The molecule has 1 saturated carbocycles. The highest BCUT2D eigenvalue weighted by atomic mass is 31.2. The van der Waals surface area contributed by atoms with Crippen LogP contribution in [-0.4, -0.2) is 98.3 Å². The minimum atomic E-state index is -5.12. The summed E-state index contributed by atoms with van der Waals surface area (Å²) in [6.07, 6.45) is 32.6. The number of aliphatic hydroxyl groups excluding tert-OH is 5. The Bertz CT molecular complexity index is 1190. The number of rotatable bonds is 45. The highest BCUT2D eigenvalue weighted by Crippen LogP contribution is 2.47. The first-order chi connectivity index (χ1) is 31.4. The molecule has 0 saturated heterocycles. The summed E-state index contributed by atoms with van der Waals surface area (Å²) >= 11 is 0. The molecule has 13 nitrogen and oxygen atoms in total. The van der Waals surface area contributed by atoms with Crippen LogP contribution in [0.3, 0.4) is 0 Å². The molecule has 6 unspecified atom stereocenters. The van der Waals surface area contributed by atoms with Gasteiger partial charge in [0.2, 0.25) is 0 Å². The van der Waals surface area contributed by atoms with Crippen LogP contribution in [0.1, 0.15) is 245 Å². The van der Waals surface area contributed by atoms with Crippen LogP contribution in [0.4, 0.5) is 0 Å². The third-order valence-electron chi connectivity index (χ3n) is 12.6. The zero-order chi connectivity index (χ0) is 47.8. The lowest BCUT2D eigenvalue weighted by molar-refractivity contribution is -0.220. The van der Waals surface area contributed by atoms with Gasteiger partial charge < -0.3 is 39.9 Å². The Kier molecular flexibility index (Phi) is 39.4. The molecule has 65 heavy (non-hydrogen) atoms. The Balaban J connectivity index is 2.36. The van der Waals surface area contributed by atoms with Crippen molar-refractivity contribution in [1.82, 2.24) is 0 Å². The van der Waals surface area contributed by atoms with E-state index in [2.05, 4.69) is 26.0 Å². The summed E-state index contributed by atoms with van der Waals surface area (Å²) < 4.78 is 33.7. The summed E-state index contributed by atoms with van der Waals surface area (Å²) in [5, 5.41) is 50.3. The monoisotopic (exact) mass is 949 g/mol. The fourth-order valence-corrected chi connectivity index (χ4v) is 9.30. The van der Waals surface area contributed by atoms with Crippen molar-refractivity contribution < 1.29 is 63.1 Å². The van der Waals surface area contributed by atoms with Crippen LogP contribution in [0.15, 0.2) is 12.2 Å². The summed E-state index contributed by atoms with van der Waals surface area (Å²) in [5.74, 6) is -1.09. The molecule has 8 atom stereocenters. The van der Waals surface area contributed by atoms with Crippen molar-refractivity contribution in [3.05, 3.63) is 12.2 Å². The van der Waals surface area contributed by atoms with E-state index in [0.717, 1.165) is 44.9 Å². The number of carbonyl (C=O) groups is 2. The van der Waals surface area contributed by atoms with Gasteiger partial charge in [0.15, 0.2) is 6.10 Å². The number of phosphoric ester groups is 1. The molecule has 1 aliphatic rings. The van der Waals surface area contributed by atoms with E-state index >= 15 is 0 Å². The van der Waals surface area contributed by atoms with Gasteiger partial charge in [-0.3, -0.25) is 18.6 Å². The maximum Gasteiger partial charge on any atom is 0.472 e. The van der Waals surface area contributed by atoms with Gasteiger partial charge in [0.25, 0.3) is 0 Å². The second-order valence-electron chi connectivity index (χ2n) is 18.7. The first kappa shape index (κ1) is 61.6. The third kappa shape index (κ3) is 33.7. The molecule has 1 aliphatic carbocycles. The number of esters is 2. The molecule has 1 rings (SSSR count). The van der Waals surface area contributed by atoms with Crippen molar-refractivity contribution in [2.45, 2.75) is 288 Å². The standard InChI is InChI=1S/C51H97O13P/c1-3-5-7-9-11-13-15-17-19-20-21-22-23-24-26-28-30-32-34-36-38-40-45(53)63-43(42-62-65(59,60)64-51-49(57)47(55)46(54)48(56)50(51)58)41-61-44(52)39-37-35-33-31-29-27-25-18-16-14-12-10-8-6-4-2/h10,12,43,46-51,54-58H,3-9,11,13-42H2,1-2H3,(H,59,60)/b12-10+/t43-,46?,47-,48?,49?,50?,51?/m1/s1. The smallest absolute Gasteiger partial charge is 0.462 e. The average Bonchev–Trinajstić information content (AvgIpc) is 3.29. The summed E-state index contributed by atoms with van der Waals surface area (Å²) in [6, 6.07) is 0. The van der Waals surface area contributed by atoms with Crippen LogP contribution in [0.25, 0.3) is 0 Å². The van der Waals surface area contributed by atoms with Gasteiger partial charge in [-0.1, -0.05) is 212 Å². The zero-order valence-electron chi connectivity index (χ0n) is 41.1. The van der Waals surface area contributed by atoms with Crippen LogP contribution in [0, 0.1) is 0 Å². The van der Waals surface area contributed by atoms with Crippen LogP contribution in [-0.2, 0) is 32.7 Å². The Labute approximate surface area is 394 Å². The highest BCUT2D eigenvalue weighted by Gasteiger charge is 2.51. The quantitative estimate of drug-likeness (QED) is 0.0145. The van der Waals surface area contributed by atoms with Crippen molar-refractivity contribution in [2.75, 3.05) is 13.2 Å². The predicted molar refractivity (Wildman–Crippen MR) is 258 cm³/mol. The second kappa shape index (κ2) is 41.6. The van der Waals surface area contributed by atoms with Gasteiger partial charge in [0, 0.05) is 12.8 Å². The predicted octanol–water partition coefficient (Wildman–Crippen LogP) is 11.4. The molecule has 0 aromatic heterocycles. The van der Waals surface area contributed by atoms with Gasteiger partial charge in [-0.25, -0.2) is 4.57 Å². The third-order valence-corrected chi connectivity index (χ3v) is 13.6.